The zero-order valence-electron chi connectivity index (χ0n) is 11.6. The van der Waals surface area contributed by atoms with E-state index in [9.17, 15) is 9.18 Å². The van der Waals surface area contributed by atoms with Crippen molar-refractivity contribution in [3.8, 4) is 5.75 Å². The Morgan fingerprint density at radius 2 is 1.95 bits per heavy atom. The molecule has 0 aliphatic carbocycles. The molecular formula is C15H19FO3. The van der Waals surface area contributed by atoms with Gasteiger partial charge in [0.15, 0.2) is 5.78 Å². The number of methoxy groups -OCH3 is 1. The lowest BCUT2D eigenvalue weighted by Crippen LogP contribution is -2.27. The van der Waals surface area contributed by atoms with Gasteiger partial charge in [-0.25, -0.2) is 4.39 Å². The standard InChI is InChI=1S/C15H19FO3/c1-8-9(2)19-10(3)14(8)15(17)12-7-11(16)5-6-13(12)18-4/h5-10,14H,1-4H3. The van der Waals surface area contributed by atoms with Gasteiger partial charge in [-0.2, -0.15) is 0 Å². The summed E-state index contributed by atoms with van der Waals surface area (Å²) in [4.78, 5) is 12.6. The first-order valence-corrected chi connectivity index (χ1v) is 6.49. The molecule has 0 N–H and O–H groups in total. The quantitative estimate of drug-likeness (QED) is 0.789. The first-order chi connectivity index (χ1) is 8.95. The van der Waals surface area contributed by atoms with Crippen LogP contribution in [0.3, 0.4) is 0 Å². The van der Waals surface area contributed by atoms with E-state index in [0.29, 0.717) is 11.3 Å². The summed E-state index contributed by atoms with van der Waals surface area (Å²) in [5.74, 6) is -0.288. The predicted octanol–water partition coefficient (Wildman–Crippen LogP) is 3.08. The molecule has 4 unspecified atom stereocenters. The summed E-state index contributed by atoms with van der Waals surface area (Å²) in [5, 5.41) is 0. The van der Waals surface area contributed by atoms with Crippen molar-refractivity contribution in [2.45, 2.75) is 33.0 Å². The van der Waals surface area contributed by atoms with Crippen molar-refractivity contribution >= 4 is 5.78 Å². The fraction of sp³-hybridized carbons (Fsp3) is 0.533. The molecule has 0 aromatic heterocycles. The van der Waals surface area contributed by atoms with Crippen LogP contribution in [0.1, 0.15) is 31.1 Å². The van der Waals surface area contributed by atoms with E-state index >= 15 is 0 Å². The SMILES string of the molecule is COc1ccc(F)cc1C(=O)C1C(C)OC(C)C1C. The number of ether oxygens (including phenoxy) is 2. The molecule has 4 atom stereocenters. The summed E-state index contributed by atoms with van der Waals surface area (Å²) in [6.07, 6.45) is -0.131. The smallest absolute Gasteiger partial charge is 0.172 e. The van der Waals surface area contributed by atoms with Gasteiger partial charge in [0.25, 0.3) is 0 Å². The summed E-state index contributed by atoms with van der Waals surface area (Å²) >= 11 is 0. The van der Waals surface area contributed by atoms with Crippen LogP contribution in [0.5, 0.6) is 5.75 Å². The number of rotatable bonds is 3. The molecule has 1 aliphatic rings. The van der Waals surface area contributed by atoms with E-state index in [1.807, 2.05) is 20.8 Å². The zero-order valence-corrected chi connectivity index (χ0v) is 11.6. The van der Waals surface area contributed by atoms with Crippen molar-refractivity contribution in [1.82, 2.24) is 0 Å². The van der Waals surface area contributed by atoms with E-state index in [2.05, 4.69) is 0 Å². The normalized spacial score (nSPS) is 30.4. The average molecular weight is 266 g/mol. The maximum atomic E-state index is 13.4. The molecule has 1 saturated heterocycles. The van der Waals surface area contributed by atoms with Crippen molar-refractivity contribution in [2.75, 3.05) is 7.11 Å². The van der Waals surface area contributed by atoms with E-state index in [0.717, 1.165) is 0 Å². The third kappa shape index (κ3) is 2.50. The van der Waals surface area contributed by atoms with E-state index < -0.39 is 5.82 Å². The topological polar surface area (TPSA) is 35.5 Å². The van der Waals surface area contributed by atoms with Crippen LogP contribution in [0.2, 0.25) is 0 Å². The fourth-order valence-corrected chi connectivity index (χ4v) is 2.77. The Bertz CT molecular complexity index is 486. The lowest BCUT2D eigenvalue weighted by atomic mass is 9.83. The summed E-state index contributed by atoms with van der Waals surface area (Å²) < 4.78 is 24.2. The Labute approximate surface area is 112 Å². The molecule has 1 heterocycles. The summed E-state index contributed by atoms with van der Waals surface area (Å²) in [6, 6.07) is 4.01. The number of benzene rings is 1. The molecule has 0 radical (unpaired) electrons. The van der Waals surface area contributed by atoms with Crippen molar-refractivity contribution in [3.05, 3.63) is 29.6 Å². The predicted molar refractivity (Wildman–Crippen MR) is 69.9 cm³/mol. The molecule has 1 aromatic rings. The molecule has 1 aliphatic heterocycles. The highest BCUT2D eigenvalue weighted by Gasteiger charge is 2.42. The number of hydrogen-bond acceptors (Lipinski definition) is 3. The van der Waals surface area contributed by atoms with Gasteiger partial charge in [-0.15, -0.1) is 0 Å². The minimum absolute atomic E-state index is 0.0310. The molecule has 0 saturated carbocycles. The maximum Gasteiger partial charge on any atom is 0.172 e. The maximum absolute atomic E-state index is 13.4. The minimum Gasteiger partial charge on any atom is -0.496 e. The molecule has 104 valence electrons. The number of ketones is 1. The number of carbonyl (C=O) groups is 1. The van der Waals surface area contributed by atoms with Crippen LogP contribution in [0.15, 0.2) is 18.2 Å². The van der Waals surface area contributed by atoms with Crippen LogP contribution in [0.4, 0.5) is 4.39 Å². The lowest BCUT2D eigenvalue weighted by Gasteiger charge is -2.18. The van der Waals surface area contributed by atoms with Crippen LogP contribution >= 0.6 is 0 Å². The molecule has 19 heavy (non-hydrogen) atoms. The number of Topliss-reactive ketones (excluding diaryl/α,β-unsaturated/α-hetero) is 1. The van der Waals surface area contributed by atoms with E-state index in [-0.39, 0.29) is 29.8 Å². The first-order valence-electron chi connectivity index (χ1n) is 6.49. The van der Waals surface area contributed by atoms with Crippen LogP contribution < -0.4 is 4.74 Å². The third-order valence-electron chi connectivity index (χ3n) is 3.97. The highest BCUT2D eigenvalue weighted by Crippen LogP contribution is 2.36. The summed E-state index contributed by atoms with van der Waals surface area (Å²) in [5.41, 5.74) is 0.295. The molecule has 1 aromatic carbocycles. The van der Waals surface area contributed by atoms with Crippen LogP contribution in [-0.4, -0.2) is 25.1 Å². The van der Waals surface area contributed by atoms with Gasteiger partial charge in [-0.3, -0.25) is 4.79 Å². The Morgan fingerprint density at radius 3 is 2.47 bits per heavy atom. The van der Waals surface area contributed by atoms with Crippen molar-refractivity contribution in [1.29, 1.82) is 0 Å². The van der Waals surface area contributed by atoms with Crippen molar-refractivity contribution < 1.29 is 18.7 Å². The van der Waals surface area contributed by atoms with Gasteiger partial charge in [-0.1, -0.05) is 6.92 Å². The van der Waals surface area contributed by atoms with Crippen molar-refractivity contribution in [3.63, 3.8) is 0 Å². The highest BCUT2D eigenvalue weighted by molar-refractivity contribution is 6.01. The molecule has 3 nitrogen and oxygen atoms in total. The minimum atomic E-state index is -0.434. The van der Waals surface area contributed by atoms with E-state index in [1.165, 1.54) is 25.3 Å². The monoisotopic (exact) mass is 266 g/mol. The second-order valence-electron chi connectivity index (χ2n) is 5.14. The van der Waals surface area contributed by atoms with Gasteiger partial charge in [0.05, 0.1) is 30.8 Å². The van der Waals surface area contributed by atoms with Gasteiger partial charge in [0.1, 0.15) is 11.6 Å². The van der Waals surface area contributed by atoms with Gasteiger partial charge in [-0.05, 0) is 38.0 Å². The molecular weight excluding hydrogens is 247 g/mol. The molecule has 0 spiro atoms. The molecule has 0 amide bonds. The Kier molecular flexibility index (Phi) is 3.90. The Balaban J connectivity index is 2.36. The number of hydrogen-bond donors (Lipinski definition) is 0. The molecule has 2 rings (SSSR count). The number of halogens is 1. The van der Waals surface area contributed by atoms with Gasteiger partial charge in [0.2, 0.25) is 0 Å². The van der Waals surface area contributed by atoms with E-state index in [1.54, 1.807) is 0 Å². The number of carbonyl (C=O) groups excluding carboxylic acids is 1. The third-order valence-corrected chi connectivity index (χ3v) is 3.97. The zero-order chi connectivity index (χ0) is 14.2. The van der Waals surface area contributed by atoms with Crippen molar-refractivity contribution in [2.24, 2.45) is 11.8 Å². The average Bonchev–Trinajstić information content (AvgIpc) is 2.62. The Hall–Kier alpha value is -1.42. The van der Waals surface area contributed by atoms with Crippen LogP contribution in [0.25, 0.3) is 0 Å². The first kappa shape index (κ1) is 14.0. The van der Waals surface area contributed by atoms with Gasteiger partial charge >= 0.3 is 0 Å². The van der Waals surface area contributed by atoms with Gasteiger partial charge in [0, 0.05) is 0 Å². The van der Waals surface area contributed by atoms with Gasteiger partial charge < -0.3 is 9.47 Å². The van der Waals surface area contributed by atoms with Crippen LogP contribution in [-0.2, 0) is 4.74 Å². The molecule has 1 fully saturated rings. The molecule has 0 bridgehead atoms. The molecule has 4 heteroatoms. The summed E-state index contributed by atoms with van der Waals surface area (Å²) in [7, 11) is 1.48. The van der Waals surface area contributed by atoms with Crippen LogP contribution in [0, 0.1) is 17.7 Å². The lowest BCUT2D eigenvalue weighted by molar-refractivity contribution is 0.0490. The largest absolute Gasteiger partial charge is 0.496 e. The Morgan fingerprint density at radius 1 is 1.26 bits per heavy atom. The summed E-state index contributed by atoms with van der Waals surface area (Å²) in [6.45, 7) is 5.83. The fourth-order valence-electron chi connectivity index (χ4n) is 2.77. The van der Waals surface area contributed by atoms with E-state index in [4.69, 9.17) is 9.47 Å². The highest BCUT2D eigenvalue weighted by atomic mass is 19.1. The second-order valence-corrected chi connectivity index (χ2v) is 5.14. The second kappa shape index (κ2) is 5.29.